The third kappa shape index (κ3) is 4.15. The summed E-state index contributed by atoms with van der Waals surface area (Å²) in [5.41, 5.74) is 1.93. The second-order valence-electron chi connectivity index (χ2n) is 4.87. The minimum absolute atomic E-state index is 0.0298. The lowest BCUT2D eigenvalue weighted by molar-refractivity contribution is 0.0916. The van der Waals surface area contributed by atoms with Gasteiger partial charge in [0.15, 0.2) is 0 Å². The van der Waals surface area contributed by atoms with Crippen LogP contribution in [0.2, 0.25) is 0 Å². The smallest absolute Gasteiger partial charge is 0.251 e. The Morgan fingerprint density at radius 1 is 1.28 bits per heavy atom. The molecule has 100 valence electrons. The van der Waals surface area contributed by atoms with Gasteiger partial charge in [0.25, 0.3) is 5.91 Å². The molecule has 3 nitrogen and oxygen atoms in total. The third-order valence-corrected chi connectivity index (χ3v) is 3.26. The van der Waals surface area contributed by atoms with Gasteiger partial charge in [0.1, 0.15) is 0 Å². The fourth-order valence-electron chi connectivity index (χ4n) is 1.70. The highest BCUT2D eigenvalue weighted by Gasteiger charge is 2.14. The molecule has 1 aromatic carbocycles. The summed E-state index contributed by atoms with van der Waals surface area (Å²) in [5, 5.41) is 11.9. The molecule has 0 heterocycles. The Morgan fingerprint density at radius 3 is 2.39 bits per heavy atom. The Hall–Kier alpha value is -1.35. The molecule has 0 aliphatic heterocycles. The van der Waals surface area contributed by atoms with Gasteiger partial charge in [0.05, 0.1) is 0 Å². The van der Waals surface area contributed by atoms with E-state index in [2.05, 4.69) is 12.2 Å². The SMILES string of the molecule is CCCc1ccc(C(=O)NC(C)C(C)CO)cc1. The van der Waals surface area contributed by atoms with Crippen molar-refractivity contribution in [2.24, 2.45) is 5.92 Å². The van der Waals surface area contributed by atoms with Crippen molar-refractivity contribution in [2.45, 2.75) is 39.7 Å². The summed E-state index contributed by atoms with van der Waals surface area (Å²) in [6, 6.07) is 7.68. The predicted octanol–water partition coefficient (Wildman–Crippen LogP) is 2.39. The van der Waals surface area contributed by atoms with Gasteiger partial charge in [-0.15, -0.1) is 0 Å². The molecule has 0 aliphatic rings. The first-order valence-electron chi connectivity index (χ1n) is 6.59. The molecule has 1 aromatic rings. The van der Waals surface area contributed by atoms with Gasteiger partial charge >= 0.3 is 0 Å². The Labute approximate surface area is 109 Å². The van der Waals surface area contributed by atoms with Crippen LogP contribution in [0.5, 0.6) is 0 Å². The molecule has 1 rings (SSSR count). The number of carbonyl (C=O) groups is 1. The number of aliphatic hydroxyl groups excluding tert-OH is 1. The highest BCUT2D eigenvalue weighted by molar-refractivity contribution is 5.94. The average Bonchev–Trinajstić information content (AvgIpc) is 2.38. The Balaban J connectivity index is 2.61. The number of aryl methyl sites for hydroxylation is 1. The van der Waals surface area contributed by atoms with Crippen LogP contribution >= 0.6 is 0 Å². The van der Waals surface area contributed by atoms with Crippen LogP contribution in [0.3, 0.4) is 0 Å². The number of nitrogens with one attached hydrogen (secondary N) is 1. The number of carbonyl (C=O) groups excluding carboxylic acids is 1. The van der Waals surface area contributed by atoms with Crippen LogP contribution in [0.15, 0.2) is 24.3 Å². The summed E-state index contributed by atoms with van der Waals surface area (Å²) in [6.45, 7) is 6.04. The molecule has 2 N–H and O–H groups in total. The highest BCUT2D eigenvalue weighted by atomic mass is 16.3. The van der Waals surface area contributed by atoms with Crippen LogP contribution in [0.25, 0.3) is 0 Å². The van der Waals surface area contributed by atoms with Gasteiger partial charge in [0, 0.05) is 18.2 Å². The number of hydrogen-bond donors (Lipinski definition) is 2. The van der Waals surface area contributed by atoms with Crippen molar-refractivity contribution in [1.82, 2.24) is 5.32 Å². The second-order valence-corrected chi connectivity index (χ2v) is 4.87. The molecule has 18 heavy (non-hydrogen) atoms. The molecule has 0 spiro atoms. The van der Waals surface area contributed by atoms with Gasteiger partial charge < -0.3 is 10.4 Å². The first-order chi connectivity index (χ1) is 8.58. The molecule has 0 saturated heterocycles. The quantitative estimate of drug-likeness (QED) is 0.813. The molecule has 2 atom stereocenters. The molecule has 0 radical (unpaired) electrons. The second kappa shape index (κ2) is 7.17. The van der Waals surface area contributed by atoms with Crippen molar-refractivity contribution in [2.75, 3.05) is 6.61 Å². The van der Waals surface area contributed by atoms with E-state index < -0.39 is 0 Å². The summed E-state index contributed by atoms with van der Waals surface area (Å²) < 4.78 is 0. The minimum atomic E-state index is -0.0779. The Kier molecular flexibility index (Phi) is 5.86. The number of aliphatic hydroxyl groups is 1. The average molecular weight is 249 g/mol. The lowest BCUT2D eigenvalue weighted by Gasteiger charge is -2.19. The van der Waals surface area contributed by atoms with Crippen LogP contribution in [-0.4, -0.2) is 23.7 Å². The summed E-state index contributed by atoms with van der Waals surface area (Å²) in [4.78, 5) is 12.0. The maximum Gasteiger partial charge on any atom is 0.251 e. The van der Waals surface area contributed by atoms with Crippen molar-refractivity contribution >= 4 is 5.91 Å². The standard InChI is InChI=1S/C15H23NO2/c1-4-5-13-6-8-14(9-7-13)15(18)16-12(3)11(2)10-17/h6-9,11-12,17H,4-5,10H2,1-3H3,(H,16,18). The molecule has 1 amide bonds. The fourth-order valence-corrected chi connectivity index (χ4v) is 1.70. The van der Waals surface area contributed by atoms with Gasteiger partial charge in [-0.1, -0.05) is 32.4 Å². The highest BCUT2D eigenvalue weighted by Crippen LogP contribution is 2.08. The first kappa shape index (κ1) is 14.7. The summed E-state index contributed by atoms with van der Waals surface area (Å²) in [7, 11) is 0. The van der Waals surface area contributed by atoms with Gasteiger partial charge in [-0.05, 0) is 37.0 Å². The van der Waals surface area contributed by atoms with E-state index in [0.29, 0.717) is 5.56 Å². The van der Waals surface area contributed by atoms with Crippen LogP contribution < -0.4 is 5.32 Å². The lowest BCUT2D eigenvalue weighted by Crippen LogP contribution is -2.38. The van der Waals surface area contributed by atoms with E-state index in [1.165, 1.54) is 5.56 Å². The molecule has 0 bridgehead atoms. The molecule has 0 aromatic heterocycles. The normalized spacial score (nSPS) is 14.0. The van der Waals surface area contributed by atoms with Gasteiger partial charge in [-0.2, -0.15) is 0 Å². The maximum absolute atomic E-state index is 12.0. The van der Waals surface area contributed by atoms with Crippen LogP contribution in [0, 0.1) is 5.92 Å². The molecule has 0 aliphatic carbocycles. The largest absolute Gasteiger partial charge is 0.396 e. The maximum atomic E-state index is 12.0. The van der Waals surface area contributed by atoms with Crippen molar-refractivity contribution in [3.05, 3.63) is 35.4 Å². The van der Waals surface area contributed by atoms with E-state index in [1.54, 1.807) is 0 Å². The predicted molar refractivity (Wildman–Crippen MR) is 73.6 cm³/mol. The van der Waals surface area contributed by atoms with Crippen molar-refractivity contribution in [3.63, 3.8) is 0 Å². The fraction of sp³-hybridized carbons (Fsp3) is 0.533. The van der Waals surface area contributed by atoms with Crippen LogP contribution in [0.4, 0.5) is 0 Å². The number of benzene rings is 1. The molecule has 0 saturated carbocycles. The number of amides is 1. The third-order valence-electron chi connectivity index (χ3n) is 3.26. The topological polar surface area (TPSA) is 49.3 Å². The van der Waals surface area contributed by atoms with Crippen molar-refractivity contribution in [1.29, 1.82) is 0 Å². The van der Waals surface area contributed by atoms with E-state index in [9.17, 15) is 4.79 Å². The number of hydrogen-bond acceptors (Lipinski definition) is 2. The zero-order valence-electron chi connectivity index (χ0n) is 11.4. The van der Waals surface area contributed by atoms with E-state index in [-0.39, 0.29) is 24.5 Å². The van der Waals surface area contributed by atoms with E-state index in [1.807, 2.05) is 38.1 Å². The molecular formula is C15H23NO2. The van der Waals surface area contributed by atoms with Gasteiger partial charge in [0.2, 0.25) is 0 Å². The van der Waals surface area contributed by atoms with E-state index in [4.69, 9.17) is 5.11 Å². The van der Waals surface area contributed by atoms with Gasteiger partial charge in [-0.25, -0.2) is 0 Å². The van der Waals surface area contributed by atoms with Crippen molar-refractivity contribution in [3.8, 4) is 0 Å². The minimum Gasteiger partial charge on any atom is -0.396 e. The van der Waals surface area contributed by atoms with Crippen LogP contribution in [-0.2, 0) is 6.42 Å². The summed E-state index contributed by atoms with van der Waals surface area (Å²) >= 11 is 0. The molecule has 0 fully saturated rings. The van der Waals surface area contributed by atoms with Gasteiger partial charge in [-0.3, -0.25) is 4.79 Å². The monoisotopic (exact) mass is 249 g/mol. The van der Waals surface area contributed by atoms with E-state index in [0.717, 1.165) is 12.8 Å². The number of rotatable bonds is 6. The summed E-state index contributed by atoms with van der Waals surface area (Å²) in [6.07, 6.45) is 2.15. The molecular weight excluding hydrogens is 226 g/mol. The van der Waals surface area contributed by atoms with Crippen LogP contribution in [0.1, 0.15) is 43.1 Å². The molecule has 2 unspecified atom stereocenters. The Morgan fingerprint density at radius 2 is 1.89 bits per heavy atom. The zero-order valence-corrected chi connectivity index (χ0v) is 11.4. The first-order valence-corrected chi connectivity index (χ1v) is 6.59. The van der Waals surface area contributed by atoms with Crippen molar-refractivity contribution < 1.29 is 9.90 Å². The van der Waals surface area contributed by atoms with E-state index >= 15 is 0 Å². The lowest BCUT2D eigenvalue weighted by atomic mass is 10.0. The molecule has 3 heteroatoms. The zero-order chi connectivity index (χ0) is 13.5. The Bertz CT molecular complexity index is 373. The summed E-state index contributed by atoms with van der Waals surface area (Å²) in [5.74, 6) is -0.0147.